The lowest BCUT2D eigenvalue weighted by Crippen LogP contribution is -2.57. The highest BCUT2D eigenvalue weighted by Gasteiger charge is 2.50. The van der Waals surface area contributed by atoms with Crippen molar-refractivity contribution in [3.8, 4) is 0 Å². The first kappa shape index (κ1) is 6.98. The SMILES string of the molecule is C=C1OC2(CCNCC2C)O1. The van der Waals surface area contributed by atoms with E-state index in [0.717, 1.165) is 19.5 Å². The van der Waals surface area contributed by atoms with E-state index in [2.05, 4.69) is 18.8 Å². The van der Waals surface area contributed by atoms with Gasteiger partial charge in [0.1, 0.15) is 0 Å². The minimum Gasteiger partial charge on any atom is -0.422 e. The largest absolute Gasteiger partial charge is 0.422 e. The van der Waals surface area contributed by atoms with Crippen LogP contribution in [0.4, 0.5) is 0 Å². The van der Waals surface area contributed by atoms with E-state index in [1.807, 2.05) is 0 Å². The van der Waals surface area contributed by atoms with Crippen molar-refractivity contribution in [1.82, 2.24) is 5.32 Å². The molecule has 2 aliphatic heterocycles. The molecule has 2 aliphatic rings. The second-order valence-corrected chi connectivity index (χ2v) is 3.24. The summed E-state index contributed by atoms with van der Waals surface area (Å²) in [4.78, 5) is 0. The lowest BCUT2D eigenvalue weighted by atomic mass is 9.92. The normalized spacial score (nSPS) is 33.9. The first-order chi connectivity index (χ1) is 5.23. The quantitative estimate of drug-likeness (QED) is 0.562. The Morgan fingerprint density at radius 3 is 2.91 bits per heavy atom. The molecule has 62 valence electrons. The molecule has 11 heavy (non-hydrogen) atoms. The van der Waals surface area contributed by atoms with Crippen molar-refractivity contribution in [3.63, 3.8) is 0 Å². The van der Waals surface area contributed by atoms with Crippen LogP contribution in [-0.4, -0.2) is 18.9 Å². The molecule has 2 fully saturated rings. The molecule has 1 atom stereocenters. The highest BCUT2D eigenvalue weighted by Crippen LogP contribution is 2.41. The number of hydrogen-bond acceptors (Lipinski definition) is 3. The Kier molecular flexibility index (Phi) is 1.36. The Labute approximate surface area is 66.4 Å². The molecular formula is C8H13NO2. The molecule has 2 rings (SSSR count). The molecule has 2 saturated heterocycles. The van der Waals surface area contributed by atoms with Crippen molar-refractivity contribution in [2.24, 2.45) is 5.92 Å². The Hall–Kier alpha value is -0.700. The molecule has 0 amide bonds. The van der Waals surface area contributed by atoms with Gasteiger partial charge in [0.2, 0.25) is 0 Å². The zero-order chi connectivity index (χ0) is 7.90. The monoisotopic (exact) mass is 155 g/mol. The fraction of sp³-hybridized carbons (Fsp3) is 0.750. The van der Waals surface area contributed by atoms with Crippen LogP contribution in [-0.2, 0) is 9.47 Å². The van der Waals surface area contributed by atoms with Crippen LogP contribution < -0.4 is 5.32 Å². The average Bonchev–Trinajstić information content (AvgIpc) is 1.92. The molecule has 0 aromatic carbocycles. The van der Waals surface area contributed by atoms with E-state index in [0.29, 0.717) is 11.9 Å². The van der Waals surface area contributed by atoms with Gasteiger partial charge >= 0.3 is 0 Å². The van der Waals surface area contributed by atoms with Crippen molar-refractivity contribution in [1.29, 1.82) is 0 Å². The second kappa shape index (κ2) is 2.14. The summed E-state index contributed by atoms with van der Waals surface area (Å²) in [7, 11) is 0. The van der Waals surface area contributed by atoms with Gasteiger partial charge < -0.3 is 14.8 Å². The van der Waals surface area contributed by atoms with E-state index in [4.69, 9.17) is 9.47 Å². The number of piperidine rings is 1. The van der Waals surface area contributed by atoms with E-state index in [9.17, 15) is 0 Å². The summed E-state index contributed by atoms with van der Waals surface area (Å²) < 4.78 is 10.8. The van der Waals surface area contributed by atoms with Crippen molar-refractivity contribution >= 4 is 0 Å². The molecule has 2 heterocycles. The zero-order valence-corrected chi connectivity index (χ0v) is 6.72. The van der Waals surface area contributed by atoms with Crippen LogP contribution in [0.5, 0.6) is 0 Å². The van der Waals surface area contributed by atoms with Gasteiger partial charge in [0, 0.05) is 25.4 Å². The summed E-state index contributed by atoms with van der Waals surface area (Å²) in [5.74, 6) is 0.558. The maximum absolute atomic E-state index is 5.42. The maximum Gasteiger partial charge on any atom is 0.278 e. The van der Waals surface area contributed by atoms with E-state index in [1.54, 1.807) is 0 Å². The van der Waals surface area contributed by atoms with Gasteiger partial charge in [0.05, 0.1) is 0 Å². The molecule has 0 saturated carbocycles. The highest BCUT2D eigenvalue weighted by molar-refractivity contribution is 4.96. The number of hydrogen-bond donors (Lipinski definition) is 1. The molecular weight excluding hydrogens is 142 g/mol. The van der Waals surface area contributed by atoms with Crippen molar-refractivity contribution < 1.29 is 9.47 Å². The maximum atomic E-state index is 5.42. The topological polar surface area (TPSA) is 30.5 Å². The summed E-state index contributed by atoms with van der Waals surface area (Å²) in [5.41, 5.74) is 0. The summed E-state index contributed by atoms with van der Waals surface area (Å²) in [5, 5.41) is 3.28. The summed E-state index contributed by atoms with van der Waals surface area (Å²) in [6, 6.07) is 0. The molecule has 0 aromatic heterocycles. The van der Waals surface area contributed by atoms with Gasteiger partial charge in [-0.1, -0.05) is 6.92 Å². The molecule has 0 bridgehead atoms. The molecule has 0 radical (unpaired) electrons. The summed E-state index contributed by atoms with van der Waals surface area (Å²) >= 11 is 0. The van der Waals surface area contributed by atoms with Gasteiger partial charge in [-0.2, -0.15) is 0 Å². The predicted octanol–water partition coefficient (Wildman–Crippen LogP) is 0.830. The number of ether oxygens (including phenoxy) is 2. The molecule has 3 nitrogen and oxygen atoms in total. The van der Waals surface area contributed by atoms with Crippen molar-refractivity contribution in [2.45, 2.75) is 19.1 Å². The zero-order valence-electron chi connectivity index (χ0n) is 6.72. The van der Waals surface area contributed by atoms with Crippen LogP contribution in [0.25, 0.3) is 0 Å². The standard InChI is InChI=1S/C8H13NO2/c1-6-5-9-4-3-8(6)10-7(2)11-8/h6,9H,2-5H2,1H3. The van der Waals surface area contributed by atoms with E-state index >= 15 is 0 Å². The van der Waals surface area contributed by atoms with Crippen LogP contribution in [0.15, 0.2) is 12.5 Å². The number of nitrogens with one attached hydrogen (secondary N) is 1. The van der Waals surface area contributed by atoms with E-state index in [1.165, 1.54) is 0 Å². The van der Waals surface area contributed by atoms with Gasteiger partial charge in [0.15, 0.2) is 0 Å². The van der Waals surface area contributed by atoms with Gasteiger partial charge in [-0.25, -0.2) is 0 Å². The molecule has 3 heteroatoms. The first-order valence-electron chi connectivity index (χ1n) is 4.00. The molecule has 1 spiro atoms. The molecule has 0 aromatic rings. The average molecular weight is 155 g/mol. The van der Waals surface area contributed by atoms with Gasteiger partial charge in [-0.15, -0.1) is 0 Å². The van der Waals surface area contributed by atoms with Crippen LogP contribution in [0.1, 0.15) is 13.3 Å². The molecule has 1 N–H and O–H groups in total. The third-order valence-electron chi connectivity index (χ3n) is 2.42. The third kappa shape index (κ3) is 0.913. The van der Waals surface area contributed by atoms with Crippen LogP contribution in [0, 0.1) is 5.92 Å². The summed E-state index contributed by atoms with van der Waals surface area (Å²) in [6.45, 7) is 7.64. The third-order valence-corrected chi connectivity index (χ3v) is 2.42. The van der Waals surface area contributed by atoms with E-state index < -0.39 is 0 Å². The van der Waals surface area contributed by atoms with Gasteiger partial charge in [-0.3, -0.25) is 0 Å². The van der Waals surface area contributed by atoms with Crippen molar-refractivity contribution in [2.75, 3.05) is 13.1 Å². The first-order valence-corrected chi connectivity index (χ1v) is 4.00. The fourth-order valence-corrected chi connectivity index (χ4v) is 1.68. The van der Waals surface area contributed by atoms with Gasteiger partial charge in [-0.05, 0) is 6.58 Å². The fourth-order valence-electron chi connectivity index (χ4n) is 1.68. The predicted molar refractivity (Wildman–Crippen MR) is 40.7 cm³/mol. The Balaban J connectivity index is 2.05. The lowest BCUT2D eigenvalue weighted by molar-refractivity contribution is -0.361. The molecule has 0 aliphatic carbocycles. The number of rotatable bonds is 0. The highest BCUT2D eigenvalue weighted by atomic mass is 16.9. The Morgan fingerprint density at radius 1 is 1.64 bits per heavy atom. The van der Waals surface area contributed by atoms with E-state index in [-0.39, 0.29) is 5.79 Å². The minimum absolute atomic E-state index is 0.331. The minimum atomic E-state index is -0.331. The molecule has 1 unspecified atom stereocenters. The Bertz CT molecular complexity index is 183. The Morgan fingerprint density at radius 2 is 2.36 bits per heavy atom. The van der Waals surface area contributed by atoms with Crippen LogP contribution in [0.3, 0.4) is 0 Å². The second-order valence-electron chi connectivity index (χ2n) is 3.24. The lowest BCUT2D eigenvalue weighted by Gasteiger charge is -2.49. The van der Waals surface area contributed by atoms with Crippen molar-refractivity contribution in [3.05, 3.63) is 12.5 Å². The summed E-state index contributed by atoms with van der Waals surface area (Å²) in [6.07, 6.45) is 0.924. The smallest absolute Gasteiger partial charge is 0.278 e. The van der Waals surface area contributed by atoms with Gasteiger partial charge in [0.25, 0.3) is 11.7 Å². The van der Waals surface area contributed by atoms with Crippen LogP contribution >= 0.6 is 0 Å². The van der Waals surface area contributed by atoms with Crippen LogP contribution in [0.2, 0.25) is 0 Å².